The molecule has 0 unspecified atom stereocenters. The first kappa shape index (κ1) is 16.9. The van der Waals surface area contributed by atoms with Crippen LogP contribution in [0.1, 0.15) is 6.92 Å². The molecule has 1 rings (SSSR count). The summed E-state index contributed by atoms with van der Waals surface area (Å²) in [7, 11) is 0. The molecule has 0 saturated carbocycles. The van der Waals surface area contributed by atoms with Crippen molar-refractivity contribution in [2.75, 3.05) is 0 Å². The van der Waals surface area contributed by atoms with Crippen molar-refractivity contribution >= 4 is 11.8 Å². The Labute approximate surface area is 71.7 Å². The highest BCUT2D eigenvalue weighted by Crippen LogP contribution is 1.82. The maximum Gasteiger partial charge on any atom is 0.250 e. The Morgan fingerprint density at radius 1 is 1.25 bits per heavy atom. The maximum absolute atomic E-state index is 10.0. The number of rotatable bonds is 0. The van der Waals surface area contributed by atoms with E-state index in [2.05, 4.69) is 6.58 Å². The quantitative estimate of drug-likeness (QED) is 0.369. The Balaban J connectivity index is -0.000000146. The van der Waals surface area contributed by atoms with Gasteiger partial charge in [-0.25, -0.2) is 0 Å². The highest BCUT2D eigenvalue weighted by atomic mass is 16.2. The van der Waals surface area contributed by atoms with Gasteiger partial charge in [-0.1, -0.05) is 6.08 Å². The predicted octanol–water partition coefficient (Wildman–Crippen LogP) is 0.715. The first-order valence-corrected chi connectivity index (χ1v) is 2.80. The van der Waals surface area contributed by atoms with Gasteiger partial charge in [0.05, 0.1) is 0 Å². The number of imide groups is 1. The lowest BCUT2D eigenvalue weighted by Gasteiger charge is -1.80. The van der Waals surface area contributed by atoms with Crippen molar-refractivity contribution in [3.05, 3.63) is 24.8 Å². The fourth-order valence-electron chi connectivity index (χ4n) is 0.356. The van der Waals surface area contributed by atoms with E-state index in [1.165, 1.54) is 12.2 Å². The van der Waals surface area contributed by atoms with Gasteiger partial charge in [-0.3, -0.25) is 14.9 Å². The van der Waals surface area contributed by atoms with Crippen LogP contribution in [0.25, 0.3) is 0 Å². The summed E-state index contributed by atoms with van der Waals surface area (Å²) in [5.74, 6) is -0.657. The molecule has 5 nitrogen and oxygen atoms in total. The summed E-state index contributed by atoms with van der Waals surface area (Å²) in [6, 6.07) is 0. The maximum atomic E-state index is 10.0. The first-order valence-electron chi connectivity index (χ1n) is 2.80. The molecule has 0 aromatic heterocycles. The van der Waals surface area contributed by atoms with Gasteiger partial charge in [0.2, 0.25) is 0 Å². The fraction of sp³-hybridized carbons (Fsp3) is 0.143. The lowest BCUT2D eigenvalue weighted by Crippen LogP contribution is -2.19. The molecular weight excluding hydrogens is 158 g/mol. The smallest absolute Gasteiger partial charge is 0.250 e. The monoisotopic (exact) mass is 173 g/mol. The average molecular weight is 173 g/mol. The summed E-state index contributed by atoms with van der Waals surface area (Å²) in [6.07, 6.45) is 4.14. The van der Waals surface area contributed by atoms with Gasteiger partial charge in [-0.2, -0.15) is 0 Å². The second-order valence-electron chi connectivity index (χ2n) is 1.60. The molecule has 0 aromatic rings. The largest absolute Gasteiger partial charge is 0.344 e. The topological polar surface area (TPSA) is 116 Å². The normalized spacial score (nSPS) is 11.4. The molecule has 0 spiro atoms. The van der Waals surface area contributed by atoms with E-state index in [1.807, 2.05) is 12.2 Å². The Bertz CT molecular complexity index is 171. The van der Waals surface area contributed by atoms with E-state index >= 15 is 0 Å². The Morgan fingerprint density at radius 3 is 1.58 bits per heavy atom. The summed E-state index contributed by atoms with van der Waals surface area (Å²) in [4.78, 5) is 20.1. The van der Waals surface area contributed by atoms with Crippen molar-refractivity contribution in [2.24, 2.45) is 0 Å². The zero-order chi connectivity index (χ0) is 7.98. The Kier molecular flexibility index (Phi) is 13.4. The van der Waals surface area contributed by atoms with Gasteiger partial charge in [0, 0.05) is 12.2 Å². The van der Waals surface area contributed by atoms with Crippen LogP contribution in [0.15, 0.2) is 24.8 Å². The van der Waals surface area contributed by atoms with E-state index in [1.54, 1.807) is 6.08 Å². The van der Waals surface area contributed by atoms with Crippen LogP contribution < -0.4 is 17.6 Å². The molecule has 12 heavy (non-hydrogen) atoms. The van der Waals surface area contributed by atoms with Crippen molar-refractivity contribution in [2.45, 2.75) is 6.92 Å². The van der Waals surface area contributed by atoms with Gasteiger partial charge in [0.1, 0.15) is 0 Å². The summed E-state index contributed by atoms with van der Waals surface area (Å²) in [5, 5.41) is 2.03. The molecule has 5 heteroatoms. The van der Waals surface area contributed by atoms with Crippen molar-refractivity contribution in [3.8, 4) is 0 Å². The van der Waals surface area contributed by atoms with Gasteiger partial charge in [-0.15, -0.1) is 6.58 Å². The van der Waals surface area contributed by atoms with Gasteiger partial charge in [0.15, 0.2) is 0 Å². The van der Waals surface area contributed by atoms with Gasteiger partial charge in [-0.05, 0) is 6.92 Å². The number of hydrogen-bond donors (Lipinski definition) is 3. The van der Waals surface area contributed by atoms with E-state index in [0.717, 1.165) is 0 Å². The Morgan fingerprint density at radius 2 is 1.50 bits per heavy atom. The standard InChI is InChI=1S/C4H3NO2.C3H6.2H3N/c6-3-1-2-4(7)5-3;1-3-2;;/h1-2H,(H,5,6,7);3H,1H2,2H3;2*1H3. The minimum absolute atomic E-state index is 0. The average Bonchev–Trinajstić information content (AvgIpc) is 2.17. The number of nitrogens with one attached hydrogen (secondary N) is 1. The third-order valence-electron chi connectivity index (χ3n) is 0.632. The number of amides is 2. The molecule has 0 aliphatic carbocycles. The lowest BCUT2D eigenvalue weighted by atomic mass is 10.6. The molecule has 0 aromatic carbocycles. The molecule has 0 fully saturated rings. The summed E-state index contributed by atoms with van der Waals surface area (Å²) in [6.45, 7) is 5.25. The van der Waals surface area contributed by atoms with Crippen LogP contribution in [-0.4, -0.2) is 11.8 Å². The summed E-state index contributed by atoms with van der Waals surface area (Å²) < 4.78 is 0. The van der Waals surface area contributed by atoms with Gasteiger partial charge < -0.3 is 12.3 Å². The lowest BCUT2D eigenvalue weighted by molar-refractivity contribution is -0.123. The van der Waals surface area contributed by atoms with E-state index in [4.69, 9.17) is 0 Å². The molecule has 1 aliphatic rings. The molecular formula is C7H15N3O2. The SMILES string of the molecule is C=CC.N.N.O=C1C=CC(=O)N1. The second-order valence-corrected chi connectivity index (χ2v) is 1.60. The Hall–Kier alpha value is -1.46. The number of carbonyl (C=O) groups is 2. The minimum Gasteiger partial charge on any atom is -0.344 e. The molecule has 2 amide bonds. The van der Waals surface area contributed by atoms with E-state index < -0.39 is 0 Å². The minimum atomic E-state index is -0.329. The number of carbonyl (C=O) groups excluding carboxylic acids is 2. The molecule has 0 saturated heterocycles. The highest BCUT2D eigenvalue weighted by molar-refractivity contribution is 6.12. The van der Waals surface area contributed by atoms with Crippen LogP contribution >= 0.6 is 0 Å². The van der Waals surface area contributed by atoms with Gasteiger partial charge in [0.25, 0.3) is 11.8 Å². The van der Waals surface area contributed by atoms with E-state index in [0.29, 0.717) is 0 Å². The van der Waals surface area contributed by atoms with Crippen molar-refractivity contribution < 1.29 is 9.59 Å². The van der Waals surface area contributed by atoms with Gasteiger partial charge >= 0.3 is 0 Å². The molecule has 0 atom stereocenters. The second kappa shape index (κ2) is 9.54. The molecule has 1 heterocycles. The first-order chi connectivity index (χ1) is 4.70. The van der Waals surface area contributed by atoms with Crippen molar-refractivity contribution in [3.63, 3.8) is 0 Å². The van der Waals surface area contributed by atoms with E-state index in [-0.39, 0.29) is 24.1 Å². The predicted molar refractivity (Wildman–Crippen MR) is 48.2 cm³/mol. The third kappa shape index (κ3) is 8.54. The zero-order valence-electron chi connectivity index (χ0n) is 7.17. The van der Waals surface area contributed by atoms with Crippen LogP contribution in [0.5, 0.6) is 0 Å². The molecule has 0 radical (unpaired) electrons. The molecule has 7 N–H and O–H groups in total. The van der Waals surface area contributed by atoms with Crippen LogP contribution in [0.2, 0.25) is 0 Å². The van der Waals surface area contributed by atoms with Crippen molar-refractivity contribution in [1.82, 2.24) is 17.6 Å². The van der Waals surface area contributed by atoms with Crippen LogP contribution in [0, 0.1) is 0 Å². The van der Waals surface area contributed by atoms with Crippen molar-refractivity contribution in [1.29, 1.82) is 0 Å². The summed E-state index contributed by atoms with van der Waals surface area (Å²) in [5.41, 5.74) is 0. The van der Waals surface area contributed by atoms with Crippen LogP contribution in [0.4, 0.5) is 0 Å². The zero-order valence-corrected chi connectivity index (χ0v) is 7.17. The number of hydrogen-bond acceptors (Lipinski definition) is 4. The third-order valence-corrected chi connectivity index (χ3v) is 0.632. The molecule has 70 valence electrons. The van der Waals surface area contributed by atoms with Crippen LogP contribution in [0.3, 0.4) is 0 Å². The summed E-state index contributed by atoms with van der Waals surface area (Å²) >= 11 is 0. The highest BCUT2D eigenvalue weighted by Gasteiger charge is 2.06. The number of allylic oxidation sites excluding steroid dienone is 1. The molecule has 1 aliphatic heterocycles. The van der Waals surface area contributed by atoms with Crippen LogP contribution in [-0.2, 0) is 9.59 Å². The fourth-order valence-corrected chi connectivity index (χ4v) is 0.356. The van der Waals surface area contributed by atoms with E-state index in [9.17, 15) is 9.59 Å². The molecule has 0 bridgehead atoms.